The van der Waals surface area contributed by atoms with Crippen LogP contribution in [-0.2, 0) is 39.9 Å². The fourth-order valence-corrected chi connectivity index (χ4v) is 4.16. The second kappa shape index (κ2) is 9.37. The molecule has 0 aliphatic rings. The summed E-state index contributed by atoms with van der Waals surface area (Å²) in [6.07, 6.45) is -2.18. The van der Waals surface area contributed by atoms with Crippen LogP contribution in [0.25, 0.3) is 10.3 Å². The maximum atomic E-state index is 13.4. The van der Waals surface area contributed by atoms with E-state index < -0.39 is 11.7 Å². The van der Waals surface area contributed by atoms with Gasteiger partial charge in [0.25, 0.3) is 0 Å². The molecule has 3 aromatic rings. The number of nitrogens with zero attached hydrogens (tertiary/aromatic N) is 3. The lowest BCUT2D eigenvalue weighted by molar-refractivity contribution is -0.139. The second-order valence-electron chi connectivity index (χ2n) is 7.12. The number of hydrogen-bond donors (Lipinski definition) is 0. The van der Waals surface area contributed by atoms with Gasteiger partial charge < -0.3 is 9.47 Å². The van der Waals surface area contributed by atoms with Crippen LogP contribution in [0.5, 0.6) is 0 Å². The van der Waals surface area contributed by atoms with E-state index in [0.717, 1.165) is 21.5 Å². The highest BCUT2D eigenvalue weighted by molar-refractivity contribution is 7.18. The average molecular weight is 453 g/mol. The highest BCUT2D eigenvalue weighted by Crippen LogP contribution is 2.33. The summed E-state index contributed by atoms with van der Waals surface area (Å²) >= 11 is 1.45. The number of ketones is 1. The molecular weight excluding hydrogens is 431 g/mol. The summed E-state index contributed by atoms with van der Waals surface area (Å²) in [5, 5.41) is 0.845. The molecule has 6 nitrogen and oxygen atoms in total. The van der Waals surface area contributed by atoms with Crippen LogP contribution in [0.15, 0.2) is 18.5 Å². The van der Waals surface area contributed by atoms with Crippen molar-refractivity contribution < 1.29 is 27.4 Å². The van der Waals surface area contributed by atoms with Gasteiger partial charge in [0.15, 0.2) is 0 Å². The summed E-state index contributed by atoms with van der Waals surface area (Å²) in [7, 11) is 2.86. The number of methoxy groups -OCH3 is 2. The Morgan fingerprint density at radius 3 is 2.58 bits per heavy atom. The fourth-order valence-electron chi connectivity index (χ4n) is 3.38. The van der Waals surface area contributed by atoms with Crippen LogP contribution >= 0.6 is 11.3 Å². The van der Waals surface area contributed by atoms with Gasteiger partial charge in [-0.1, -0.05) is 11.3 Å². The zero-order valence-corrected chi connectivity index (χ0v) is 18.4. The minimum absolute atomic E-state index is 0.00369. The van der Waals surface area contributed by atoms with Crippen LogP contribution in [0.1, 0.15) is 46.0 Å². The van der Waals surface area contributed by atoms with E-state index in [9.17, 15) is 18.0 Å². The van der Waals surface area contributed by atoms with Crippen LogP contribution in [0, 0.1) is 6.92 Å². The third-order valence-corrected chi connectivity index (χ3v) is 5.70. The topological polar surface area (TPSA) is 74.2 Å². The molecule has 3 rings (SSSR count). The number of thiazole rings is 1. The van der Waals surface area contributed by atoms with Crippen molar-refractivity contribution in [1.29, 1.82) is 0 Å². The first-order valence-corrected chi connectivity index (χ1v) is 10.3. The molecule has 0 unspecified atom stereocenters. The Bertz CT molecular complexity index is 1100. The van der Waals surface area contributed by atoms with E-state index in [4.69, 9.17) is 9.47 Å². The predicted octanol–water partition coefficient (Wildman–Crippen LogP) is 4.62. The van der Waals surface area contributed by atoms with Crippen molar-refractivity contribution in [3.63, 3.8) is 0 Å². The number of aryl methyl sites for hydroxylation is 1. The number of Topliss-reactive ketones (excluding diaryl/α,β-unsaturated/α-hetero) is 1. The molecule has 0 radical (unpaired) electrons. The summed E-state index contributed by atoms with van der Waals surface area (Å²) < 4.78 is 50.3. The molecule has 0 spiro atoms. The van der Waals surface area contributed by atoms with Gasteiger partial charge in [0.05, 0.1) is 29.0 Å². The monoisotopic (exact) mass is 453 g/mol. The molecule has 0 saturated carbocycles. The number of fused-ring (bicyclic) bond motifs is 1. The molecule has 0 fully saturated rings. The Kier molecular flexibility index (Phi) is 7.03. The summed E-state index contributed by atoms with van der Waals surface area (Å²) in [4.78, 5) is 26.3. The number of alkyl halides is 3. The third-order valence-electron chi connectivity index (χ3n) is 4.82. The molecule has 0 bridgehead atoms. The molecule has 1 atom stereocenters. The Morgan fingerprint density at radius 1 is 1.19 bits per heavy atom. The molecule has 0 amide bonds. The van der Waals surface area contributed by atoms with Gasteiger partial charge in [0, 0.05) is 45.0 Å². The first-order valence-electron chi connectivity index (χ1n) is 9.47. The van der Waals surface area contributed by atoms with Crippen LogP contribution in [0.4, 0.5) is 13.2 Å². The predicted molar refractivity (Wildman–Crippen MR) is 110 cm³/mol. The molecule has 0 aromatic carbocycles. The maximum Gasteiger partial charge on any atom is 0.418 e. The van der Waals surface area contributed by atoms with Crippen molar-refractivity contribution in [2.75, 3.05) is 14.2 Å². The van der Waals surface area contributed by atoms with Gasteiger partial charge in [-0.15, -0.1) is 0 Å². The van der Waals surface area contributed by atoms with Gasteiger partial charge in [0.1, 0.15) is 16.1 Å². The van der Waals surface area contributed by atoms with Crippen LogP contribution in [0.3, 0.4) is 0 Å². The Hall–Kier alpha value is -2.43. The van der Waals surface area contributed by atoms with Gasteiger partial charge >= 0.3 is 6.18 Å². The second-order valence-corrected chi connectivity index (χ2v) is 8.30. The van der Waals surface area contributed by atoms with Crippen molar-refractivity contribution >= 4 is 27.5 Å². The summed E-state index contributed by atoms with van der Waals surface area (Å²) in [5.41, 5.74) is 1.20. The van der Waals surface area contributed by atoms with Crippen molar-refractivity contribution in [2.24, 2.45) is 0 Å². The van der Waals surface area contributed by atoms with Gasteiger partial charge in [-0.2, -0.15) is 13.2 Å². The molecule has 0 N–H and O–H groups in total. The lowest BCUT2D eigenvalue weighted by Gasteiger charge is -2.16. The number of aromatic nitrogens is 3. The van der Waals surface area contributed by atoms with Gasteiger partial charge in [-0.05, 0) is 31.0 Å². The van der Waals surface area contributed by atoms with E-state index in [-0.39, 0.29) is 42.6 Å². The van der Waals surface area contributed by atoms with E-state index >= 15 is 0 Å². The number of hydrogen-bond acceptors (Lipinski definition) is 7. The van der Waals surface area contributed by atoms with Crippen LogP contribution in [-0.4, -0.2) is 35.0 Å². The third kappa shape index (κ3) is 5.25. The minimum atomic E-state index is -4.58. The minimum Gasteiger partial charge on any atom is -0.378 e. The van der Waals surface area contributed by atoms with E-state index in [1.54, 1.807) is 13.3 Å². The van der Waals surface area contributed by atoms with E-state index in [1.807, 2.05) is 13.8 Å². The van der Waals surface area contributed by atoms with Gasteiger partial charge in [-0.3, -0.25) is 9.78 Å². The SMILES string of the molecule is COCc1ncc(CC(=O)Cc2cnc3sc(C)nc3c2[C@H](C)OC)cc1C(F)(F)F. The fraction of sp³-hybridized carbons (Fsp3) is 0.429. The van der Waals surface area contributed by atoms with Crippen LogP contribution in [0.2, 0.25) is 0 Å². The van der Waals surface area contributed by atoms with Gasteiger partial charge in [0.2, 0.25) is 0 Å². The molecular formula is C21H22F3N3O3S. The highest BCUT2D eigenvalue weighted by atomic mass is 32.1. The number of ether oxygens (including phenoxy) is 2. The molecule has 166 valence electrons. The van der Waals surface area contributed by atoms with Crippen LogP contribution < -0.4 is 0 Å². The van der Waals surface area contributed by atoms with Crippen molar-refractivity contribution in [1.82, 2.24) is 15.0 Å². The maximum absolute atomic E-state index is 13.4. The number of halogens is 3. The van der Waals surface area contributed by atoms with E-state index in [2.05, 4.69) is 15.0 Å². The average Bonchev–Trinajstić information content (AvgIpc) is 3.08. The standard InChI is InChI=1S/C21H22F3N3O3S/c1-11(30-4)18-14(9-26-20-19(18)27-12(2)31-20)7-15(28)5-13-6-16(21(22,23)24)17(10-29-3)25-8-13/h6,8-9,11H,5,7,10H2,1-4H3/t11-/m0/s1. The van der Waals surface area contributed by atoms with E-state index in [0.29, 0.717) is 11.1 Å². The van der Waals surface area contributed by atoms with E-state index in [1.165, 1.54) is 24.6 Å². The molecule has 31 heavy (non-hydrogen) atoms. The molecule has 3 heterocycles. The smallest absolute Gasteiger partial charge is 0.378 e. The zero-order chi connectivity index (χ0) is 22.8. The molecule has 0 aliphatic carbocycles. The molecule has 10 heteroatoms. The van der Waals surface area contributed by atoms with Gasteiger partial charge in [-0.25, -0.2) is 9.97 Å². The summed E-state index contributed by atoms with van der Waals surface area (Å²) in [6.45, 7) is 3.46. The molecule has 0 aliphatic heterocycles. The van der Waals surface area contributed by atoms with Crippen molar-refractivity contribution in [3.8, 4) is 0 Å². The summed E-state index contributed by atoms with van der Waals surface area (Å²) in [5.74, 6) is -0.257. The Balaban J connectivity index is 1.88. The number of pyridine rings is 2. The Labute approximate surface area is 181 Å². The first kappa shape index (κ1) is 23.2. The highest BCUT2D eigenvalue weighted by Gasteiger charge is 2.34. The normalized spacial score (nSPS) is 13.0. The number of carbonyl (C=O) groups is 1. The lowest BCUT2D eigenvalue weighted by atomic mass is 9.97. The zero-order valence-electron chi connectivity index (χ0n) is 17.5. The van der Waals surface area contributed by atoms with Crippen molar-refractivity contribution in [3.05, 3.63) is 51.4 Å². The first-order chi connectivity index (χ1) is 14.6. The number of rotatable bonds is 8. The molecule has 3 aromatic heterocycles. The number of carbonyl (C=O) groups excluding carboxylic acids is 1. The molecule has 0 saturated heterocycles. The quantitative estimate of drug-likeness (QED) is 0.496. The Morgan fingerprint density at radius 2 is 1.94 bits per heavy atom. The largest absolute Gasteiger partial charge is 0.418 e. The lowest BCUT2D eigenvalue weighted by Crippen LogP contribution is -2.15. The summed E-state index contributed by atoms with van der Waals surface area (Å²) in [6, 6.07) is 0.961. The van der Waals surface area contributed by atoms with Crippen molar-refractivity contribution in [2.45, 2.75) is 45.6 Å².